The van der Waals surface area contributed by atoms with E-state index >= 15 is 0 Å². The fourth-order valence-corrected chi connectivity index (χ4v) is 4.14. The molecule has 0 heterocycles. The van der Waals surface area contributed by atoms with E-state index in [-0.39, 0.29) is 22.5 Å². The van der Waals surface area contributed by atoms with Crippen molar-refractivity contribution in [3.8, 4) is 16.9 Å². The molecule has 0 aliphatic heterocycles. The summed E-state index contributed by atoms with van der Waals surface area (Å²) >= 11 is 0. The monoisotopic (exact) mass is 404 g/mol. The van der Waals surface area contributed by atoms with E-state index in [1.165, 1.54) is 0 Å². The maximum Gasteiger partial charge on any atom is 0.524 e. The van der Waals surface area contributed by atoms with Crippen LogP contribution in [0.4, 0.5) is 0 Å². The van der Waals surface area contributed by atoms with Crippen molar-refractivity contribution in [1.29, 1.82) is 0 Å². The van der Waals surface area contributed by atoms with Gasteiger partial charge in [0.1, 0.15) is 5.75 Å². The third kappa shape index (κ3) is 5.05. The molecule has 2 aromatic carbocycles. The predicted molar refractivity (Wildman–Crippen MR) is 116 cm³/mol. The largest absolute Gasteiger partial charge is 0.524 e. The van der Waals surface area contributed by atoms with Crippen molar-refractivity contribution in [1.82, 2.24) is 0 Å². The third-order valence-corrected chi connectivity index (χ3v) is 5.16. The maximum atomic E-state index is 11.7. The standard InChI is InChI=1S/C23H33O4P/c1-15(2)17-14-18(27-28(24,25)26)20(22(3,4)5)21(23(6,7)8)19(17)16-12-10-9-11-13-16/h9-15H,1-8H3,(H2,24,25,26). The average molecular weight is 404 g/mol. The summed E-state index contributed by atoms with van der Waals surface area (Å²) in [7, 11) is -4.69. The van der Waals surface area contributed by atoms with Crippen LogP contribution in [0, 0.1) is 0 Å². The number of hydrogen-bond acceptors (Lipinski definition) is 2. The second-order valence-electron chi connectivity index (χ2n) is 9.69. The molecule has 4 nitrogen and oxygen atoms in total. The van der Waals surface area contributed by atoms with E-state index in [1.54, 1.807) is 0 Å². The van der Waals surface area contributed by atoms with Gasteiger partial charge < -0.3 is 4.52 Å². The van der Waals surface area contributed by atoms with E-state index in [2.05, 4.69) is 46.8 Å². The van der Waals surface area contributed by atoms with Crippen molar-refractivity contribution in [3.63, 3.8) is 0 Å². The lowest BCUT2D eigenvalue weighted by Crippen LogP contribution is -2.25. The molecule has 0 bridgehead atoms. The lowest BCUT2D eigenvalue weighted by atomic mass is 9.69. The highest BCUT2D eigenvalue weighted by molar-refractivity contribution is 7.46. The first-order valence-electron chi connectivity index (χ1n) is 9.65. The molecular formula is C23H33O4P. The zero-order valence-electron chi connectivity index (χ0n) is 18.2. The van der Waals surface area contributed by atoms with Crippen LogP contribution in [0.15, 0.2) is 36.4 Å². The Kier molecular flexibility index (Phi) is 6.21. The van der Waals surface area contributed by atoms with Crippen LogP contribution in [-0.2, 0) is 15.4 Å². The molecule has 0 fully saturated rings. The molecule has 0 atom stereocenters. The van der Waals surface area contributed by atoms with Gasteiger partial charge in [-0.1, -0.05) is 85.7 Å². The van der Waals surface area contributed by atoms with Gasteiger partial charge in [-0.2, -0.15) is 0 Å². The quantitative estimate of drug-likeness (QED) is 0.568. The van der Waals surface area contributed by atoms with Crippen molar-refractivity contribution >= 4 is 7.82 Å². The first-order chi connectivity index (χ1) is 12.6. The molecule has 0 aromatic heterocycles. The van der Waals surface area contributed by atoms with Gasteiger partial charge in [0.05, 0.1) is 0 Å². The van der Waals surface area contributed by atoms with Crippen LogP contribution in [-0.4, -0.2) is 9.79 Å². The van der Waals surface area contributed by atoms with Crippen LogP contribution >= 0.6 is 7.82 Å². The van der Waals surface area contributed by atoms with Crippen LogP contribution in [0.3, 0.4) is 0 Å². The Morgan fingerprint density at radius 1 is 0.893 bits per heavy atom. The highest BCUT2D eigenvalue weighted by Crippen LogP contribution is 2.51. The van der Waals surface area contributed by atoms with Gasteiger partial charge in [-0.25, -0.2) is 4.57 Å². The van der Waals surface area contributed by atoms with Gasteiger partial charge in [-0.15, -0.1) is 0 Å². The van der Waals surface area contributed by atoms with Gasteiger partial charge in [0.25, 0.3) is 0 Å². The molecule has 0 aliphatic carbocycles. The Morgan fingerprint density at radius 2 is 1.39 bits per heavy atom. The Morgan fingerprint density at radius 3 is 1.79 bits per heavy atom. The van der Waals surface area contributed by atoms with Crippen LogP contribution < -0.4 is 4.52 Å². The SMILES string of the molecule is CC(C)c1cc(OP(=O)(O)O)c(C(C)(C)C)c(C(C)(C)C)c1-c1ccccc1. The van der Waals surface area contributed by atoms with Gasteiger partial charge >= 0.3 is 7.82 Å². The van der Waals surface area contributed by atoms with Gasteiger partial charge in [-0.05, 0) is 45.1 Å². The molecule has 5 heteroatoms. The fourth-order valence-electron chi connectivity index (χ4n) is 3.74. The third-order valence-electron chi connectivity index (χ3n) is 4.72. The molecule has 28 heavy (non-hydrogen) atoms. The highest BCUT2D eigenvalue weighted by atomic mass is 31.2. The lowest BCUT2D eigenvalue weighted by Gasteiger charge is -2.36. The molecule has 0 saturated carbocycles. The molecule has 0 aliphatic rings. The van der Waals surface area contributed by atoms with Gasteiger partial charge in [0.2, 0.25) is 0 Å². The zero-order valence-corrected chi connectivity index (χ0v) is 19.1. The summed E-state index contributed by atoms with van der Waals surface area (Å²) < 4.78 is 17.0. The Hall–Kier alpha value is -1.61. The molecule has 0 saturated heterocycles. The van der Waals surface area contributed by atoms with E-state index < -0.39 is 7.82 Å². The molecule has 2 aromatic rings. The second kappa shape index (κ2) is 7.67. The summed E-state index contributed by atoms with van der Waals surface area (Å²) in [4.78, 5) is 19.1. The number of hydrogen-bond donors (Lipinski definition) is 2. The Bertz CT molecular complexity index is 882. The van der Waals surface area contributed by atoms with E-state index in [1.807, 2.05) is 45.0 Å². The lowest BCUT2D eigenvalue weighted by molar-refractivity contribution is 0.280. The Balaban J connectivity index is 3.10. The molecule has 0 radical (unpaired) electrons. The number of phosphoric ester groups is 1. The summed E-state index contributed by atoms with van der Waals surface area (Å²) in [5, 5.41) is 0. The van der Waals surface area contributed by atoms with Crippen molar-refractivity contribution in [3.05, 3.63) is 53.1 Å². The fraction of sp³-hybridized carbons (Fsp3) is 0.478. The molecule has 154 valence electrons. The average Bonchev–Trinajstić information content (AvgIpc) is 2.51. The molecule has 0 unspecified atom stereocenters. The second-order valence-corrected chi connectivity index (χ2v) is 10.9. The van der Waals surface area contributed by atoms with E-state index in [4.69, 9.17) is 4.52 Å². The highest BCUT2D eigenvalue weighted by Gasteiger charge is 2.35. The van der Waals surface area contributed by atoms with Crippen LogP contribution in [0.1, 0.15) is 78.0 Å². The predicted octanol–water partition coefficient (Wildman–Crippen LogP) is 6.54. The van der Waals surface area contributed by atoms with Gasteiger partial charge in [0.15, 0.2) is 0 Å². The zero-order chi connectivity index (χ0) is 21.5. The van der Waals surface area contributed by atoms with Crippen molar-refractivity contribution in [2.45, 2.75) is 72.1 Å². The minimum Gasteiger partial charge on any atom is -0.404 e. The summed E-state index contributed by atoms with van der Waals surface area (Å²) in [6, 6.07) is 12.0. The minimum absolute atomic E-state index is 0.157. The van der Waals surface area contributed by atoms with Gasteiger partial charge in [-0.3, -0.25) is 9.79 Å². The first kappa shape index (κ1) is 22.7. The van der Waals surface area contributed by atoms with Crippen molar-refractivity contribution < 1.29 is 18.9 Å². The maximum absolute atomic E-state index is 11.7. The topological polar surface area (TPSA) is 66.8 Å². The molecule has 0 spiro atoms. The number of rotatable bonds is 4. The van der Waals surface area contributed by atoms with E-state index in [0.717, 1.165) is 27.8 Å². The van der Waals surface area contributed by atoms with E-state index in [9.17, 15) is 14.4 Å². The normalized spacial score (nSPS) is 13.1. The summed E-state index contributed by atoms with van der Waals surface area (Å²) in [6.45, 7) is 16.7. The van der Waals surface area contributed by atoms with Gasteiger partial charge in [0, 0.05) is 5.56 Å². The first-order valence-corrected chi connectivity index (χ1v) is 11.2. The molecular weight excluding hydrogens is 371 g/mol. The molecule has 2 N–H and O–H groups in total. The smallest absolute Gasteiger partial charge is 0.404 e. The van der Waals surface area contributed by atoms with Crippen LogP contribution in [0.5, 0.6) is 5.75 Å². The number of benzene rings is 2. The van der Waals surface area contributed by atoms with E-state index in [0.29, 0.717) is 0 Å². The van der Waals surface area contributed by atoms with Crippen LogP contribution in [0.2, 0.25) is 0 Å². The van der Waals surface area contributed by atoms with Crippen LogP contribution in [0.25, 0.3) is 11.1 Å². The number of phosphoric acid groups is 1. The molecule has 0 amide bonds. The Labute approximate surface area is 169 Å². The minimum atomic E-state index is -4.69. The molecule has 2 rings (SSSR count). The summed E-state index contributed by atoms with van der Waals surface area (Å²) in [5.41, 5.74) is 4.54. The summed E-state index contributed by atoms with van der Waals surface area (Å²) in [6.07, 6.45) is 0. The summed E-state index contributed by atoms with van der Waals surface area (Å²) in [5.74, 6) is 0.429. The van der Waals surface area contributed by atoms with Crippen molar-refractivity contribution in [2.24, 2.45) is 0 Å². The van der Waals surface area contributed by atoms with Crippen molar-refractivity contribution in [2.75, 3.05) is 0 Å².